The summed E-state index contributed by atoms with van der Waals surface area (Å²) in [5.74, 6) is 1.41. The first-order valence-corrected chi connectivity index (χ1v) is 9.78. The maximum Gasteiger partial charge on any atom is 0.00182 e. The highest BCUT2D eigenvalue weighted by Gasteiger charge is 2.16. The molecule has 0 N–H and O–H groups in total. The number of allylic oxidation sites excluding steroid dienone is 3. The average Bonchev–Trinajstić information content (AvgIpc) is 2.68. The molecule has 0 saturated carbocycles. The van der Waals surface area contributed by atoms with Gasteiger partial charge in [-0.25, -0.2) is 0 Å². The highest BCUT2D eigenvalue weighted by molar-refractivity contribution is 5.64. The van der Waals surface area contributed by atoms with Gasteiger partial charge in [0.05, 0.1) is 0 Å². The van der Waals surface area contributed by atoms with Crippen LogP contribution in [-0.2, 0) is 6.42 Å². The number of hydrogen-bond donors (Lipinski definition) is 0. The molecule has 0 aliphatic heterocycles. The first-order valence-electron chi connectivity index (χ1n) is 9.78. The normalized spacial score (nSPS) is 19.7. The van der Waals surface area contributed by atoms with Gasteiger partial charge >= 0.3 is 0 Å². The third kappa shape index (κ3) is 4.72. The lowest BCUT2D eigenvalue weighted by atomic mass is 9.82. The Morgan fingerprint density at radius 1 is 0.920 bits per heavy atom. The number of rotatable bonds is 7. The van der Waals surface area contributed by atoms with Crippen molar-refractivity contribution in [1.82, 2.24) is 0 Å². The number of hydrogen-bond acceptors (Lipinski definition) is 0. The molecule has 2 aromatic carbocycles. The molecule has 2 unspecified atom stereocenters. The van der Waals surface area contributed by atoms with Crippen LogP contribution in [0, 0.1) is 5.92 Å². The van der Waals surface area contributed by atoms with Crippen molar-refractivity contribution in [3.8, 4) is 11.1 Å². The van der Waals surface area contributed by atoms with Crippen molar-refractivity contribution >= 4 is 0 Å². The highest BCUT2D eigenvalue weighted by atomic mass is 14.2. The lowest BCUT2D eigenvalue weighted by molar-refractivity contribution is 0.477. The van der Waals surface area contributed by atoms with Gasteiger partial charge in [-0.1, -0.05) is 80.1 Å². The zero-order chi connectivity index (χ0) is 17.5. The first kappa shape index (κ1) is 17.7. The smallest absolute Gasteiger partial charge is 0.00182 e. The van der Waals surface area contributed by atoms with Crippen molar-refractivity contribution in [2.75, 3.05) is 0 Å². The predicted molar refractivity (Wildman–Crippen MR) is 110 cm³/mol. The van der Waals surface area contributed by atoms with Crippen molar-refractivity contribution < 1.29 is 0 Å². The summed E-state index contributed by atoms with van der Waals surface area (Å²) in [4.78, 5) is 0. The minimum absolute atomic E-state index is 0.600. The minimum Gasteiger partial charge on any atom is -0.103 e. The molecule has 0 fully saturated rings. The summed E-state index contributed by atoms with van der Waals surface area (Å²) in [6.07, 6.45) is 14.3. The average molecular weight is 331 g/mol. The quantitative estimate of drug-likeness (QED) is 0.466. The maximum absolute atomic E-state index is 3.80. The fraction of sp³-hybridized carbons (Fsp3) is 0.360. The summed E-state index contributed by atoms with van der Waals surface area (Å²) in [6, 6.07) is 18.1. The fourth-order valence-electron chi connectivity index (χ4n) is 3.82. The van der Waals surface area contributed by atoms with E-state index in [2.05, 4.69) is 74.2 Å². The van der Waals surface area contributed by atoms with Crippen LogP contribution in [0.3, 0.4) is 0 Å². The minimum atomic E-state index is 0.600. The van der Waals surface area contributed by atoms with E-state index >= 15 is 0 Å². The molecule has 0 nitrogen and oxygen atoms in total. The lowest BCUT2D eigenvalue weighted by Gasteiger charge is -2.23. The molecule has 0 aromatic heterocycles. The van der Waals surface area contributed by atoms with E-state index in [0.717, 1.165) is 18.8 Å². The van der Waals surface area contributed by atoms with E-state index < -0.39 is 0 Å². The Kier molecular flexibility index (Phi) is 6.28. The summed E-state index contributed by atoms with van der Waals surface area (Å²) < 4.78 is 0. The van der Waals surface area contributed by atoms with E-state index in [1.165, 1.54) is 47.9 Å². The van der Waals surface area contributed by atoms with E-state index in [1.54, 1.807) is 0 Å². The largest absolute Gasteiger partial charge is 0.103 e. The monoisotopic (exact) mass is 330 g/mol. The molecule has 0 heteroatoms. The van der Waals surface area contributed by atoms with Gasteiger partial charge in [-0.15, -0.1) is 6.58 Å². The van der Waals surface area contributed by atoms with Crippen molar-refractivity contribution in [2.24, 2.45) is 5.92 Å². The van der Waals surface area contributed by atoms with Gasteiger partial charge in [-0.2, -0.15) is 0 Å². The lowest BCUT2D eigenvalue weighted by Crippen LogP contribution is -2.07. The van der Waals surface area contributed by atoms with Crippen LogP contribution in [0.25, 0.3) is 11.1 Å². The third-order valence-corrected chi connectivity index (χ3v) is 5.39. The van der Waals surface area contributed by atoms with Crippen molar-refractivity contribution in [2.45, 2.75) is 51.4 Å². The number of benzene rings is 2. The van der Waals surface area contributed by atoms with Gasteiger partial charge in [0.1, 0.15) is 0 Å². The van der Waals surface area contributed by atoms with E-state index in [4.69, 9.17) is 0 Å². The molecule has 1 aliphatic rings. The molecular weight excluding hydrogens is 300 g/mol. The Balaban J connectivity index is 1.66. The standard InChI is InChI=1S/C25H30/c1-3-5-7-21-10-14-23(15-11-21)25-18-16-24(17-19-25)22-12-8-20(6-4-2)9-13-22/h3,8,10-12,14-20,22H,1,4-7,9,13H2,2H3. The van der Waals surface area contributed by atoms with Gasteiger partial charge in [0.25, 0.3) is 0 Å². The van der Waals surface area contributed by atoms with Gasteiger partial charge in [0.2, 0.25) is 0 Å². The van der Waals surface area contributed by atoms with Crippen LogP contribution in [0.1, 0.15) is 56.1 Å². The Labute approximate surface area is 153 Å². The van der Waals surface area contributed by atoms with Gasteiger partial charge in [0, 0.05) is 5.92 Å². The van der Waals surface area contributed by atoms with E-state index in [-0.39, 0.29) is 0 Å². The maximum atomic E-state index is 3.80. The van der Waals surface area contributed by atoms with Crippen molar-refractivity contribution in [3.05, 3.63) is 84.5 Å². The zero-order valence-corrected chi connectivity index (χ0v) is 15.5. The van der Waals surface area contributed by atoms with Gasteiger partial charge in [-0.3, -0.25) is 0 Å². The Morgan fingerprint density at radius 3 is 2.16 bits per heavy atom. The van der Waals surface area contributed by atoms with Crippen LogP contribution >= 0.6 is 0 Å². The molecule has 0 heterocycles. The molecular formula is C25H30. The molecule has 2 aromatic rings. The summed E-state index contributed by atoms with van der Waals surface area (Å²) in [6.45, 7) is 6.08. The Hall–Kier alpha value is -2.08. The van der Waals surface area contributed by atoms with Crippen LogP contribution in [0.15, 0.2) is 73.3 Å². The summed E-state index contributed by atoms with van der Waals surface area (Å²) in [5, 5.41) is 0. The predicted octanol–water partition coefficient (Wildman–Crippen LogP) is 7.32. The molecule has 0 radical (unpaired) electrons. The summed E-state index contributed by atoms with van der Waals surface area (Å²) in [7, 11) is 0. The molecule has 130 valence electrons. The molecule has 0 amide bonds. The highest BCUT2D eigenvalue weighted by Crippen LogP contribution is 2.33. The zero-order valence-electron chi connectivity index (χ0n) is 15.5. The van der Waals surface area contributed by atoms with Crippen LogP contribution in [-0.4, -0.2) is 0 Å². The summed E-state index contributed by atoms with van der Waals surface area (Å²) in [5.41, 5.74) is 5.45. The third-order valence-electron chi connectivity index (χ3n) is 5.39. The van der Waals surface area contributed by atoms with Crippen LogP contribution in [0.5, 0.6) is 0 Å². The topological polar surface area (TPSA) is 0 Å². The Bertz CT molecular complexity index is 688. The van der Waals surface area contributed by atoms with Crippen molar-refractivity contribution in [3.63, 3.8) is 0 Å². The summed E-state index contributed by atoms with van der Waals surface area (Å²) >= 11 is 0. The van der Waals surface area contributed by atoms with Gasteiger partial charge in [0.15, 0.2) is 0 Å². The van der Waals surface area contributed by atoms with Gasteiger partial charge in [-0.05, 0) is 60.3 Å². The SMILES string of the molecule is C=CCCc1ccc(-c2ccc(C3C=CC(CCC)CC3)cc2)cc1. The van der Waals surface area contributed by atoms with Gasteiger partial charge < -0.3 is 0 Å². The van der Waals surface area contributed by atoms with E-state index in [1.807, 2.05) is 6.08 Å². The van der Waals surface area contributed by atoms with E-state index in [9.17, 15) is 0 Å². The molecule has 0 spiro atoms. The van der Waals surface area contributed by atoms with Crippen LogP contribution in [0.4, 0.5) is 0 Å². The first-order chi connectivity index (χ1) is 12.3. The van der Waals surface area contributed by atoms with E-state index in [0.29, 0.717) is 5.92 Å². The number of aryl methyl sites for hydroxylation is 1. The molecule has 0 bridgehead atoms. The second kappa shape index (κ2) is 8.85. The molecule has 1 aliphatic carbocycles. The molecule has 3 rings (SSSR count). The van der Waals surface area contributed by atoms with Crippen molar-refractivity contribution in [1.29, 1.82) is 0 Å². The van der Waals surface area contributed by atoms with Crippen LogP contribution < -0.4 is 0 Å². The second-order valence-electron chi connectivity index (χ2n) is 7.26. The fourth-order valence-corrected chi connectivity index (χ4v) is 3.82. The van der Waals surface area contributed by atoms with Crippen LogP contribution in [0.2, 0.25) is 0 Å². The molecule has 25 heavy (non-hydrogen) atoms. The molecule has 2 atom stereocenters. The second-order valence-corrected chi connectivity index (χ2v) is 7.26. The Morgan fingerprint density at radius 2 is 1.60 bits per heavy atom. The molecule has 0 saturated heterocycles.